The van der Waals surface area contributed by atoms with Crippen molar-refractivity contribution in [1.82, 2.24) is 4.98 Å². The third kappa shape index (κ3) is 1.78. The van der Waals surface area contributed by atoms with Crippen molar-refractivity contribution >= 4 is 10.9 Å². The Kier molecular flexibility index (Phi) is 2.22. The standard InChI is InChI=1S/C10H5F4NO/c11-5-1-2-7-6(3-5)8(16)4-9(15-7)10(12,13)14/h1-4H,(H,15,16)/p-1. The molecule has 1 aromatic carbocycles. The minimum Gasteiger partial charge on any atom is -0.872 e. The first kappa shape index (κ1) is 10.7. The molecule has 0 saturated heterocycles. The Bertz CT molecular complexity index is 550. The van der Waals surface area contributed by atoms with E-state index in [4.69, 9.17) is 0 Å². The highest BCUT2D eigenvalue weighted by atomic mass is 19.4. The van der Waals surface area contributed by atoms with Gasteiger partial charge in [-0.15, -0.1) is 0 Å². The first-order chi connectivity index (χ1) is 7.38. The quantitative estimate of drug-likeness (QED) is 0.652. The van der Waals surface area contributed by atoms with Crippen molar-refractivity contribution in [3.63, 3.8) is 0 Å². The Morgan fingerprint density at radius 2 is 1.81 bits per heavy atom. The second kappa shape index (κ2) is 3.33. The Hall–Kier alpha value is -1.85. The SMILES string of the molecule is [O-]c1cc(C(F)(F)F)nc2ccc(F)cc12. The molecule has 0 N–H and O–H groups in total. The van der Waals surface area contributed by atoms with Crippen LogP contribution in [0.15, 0.2) is 24.3 Å². The van der Waals surface area contributed by atoms with Crippen LogP contribution >= 0.6 is 0 Å². The molecule has 0 aliphatic heterocycles. The van der Waals surface area contributed by atoms with Crippen LogP contribution in [-0.4, -0.2) is 4.98 Å². The van der Waals surface area contributed by atoms with Gasteiger partial charge in [0, 0.05) is 0 Å². The molecule has 1 heterocycles. The fraction of sp³-hybridized carbons (Fsp3) is 0.100. The van der Waals surface area contributed by atoms with Gasteiger partial charge in [-0.1, -0.05) is 5.75 Å². The van der Waals surface area contributed by atoms with Gasteiger partial charge < -0.3 is 5.11 Å². The van der Waals surface area contributed by atoms with Crippen molar-refractivity contribution in [2.24, 2.45) is 0 Å². The molecule has 0 unspecified atom stereocenters. The van der Waals surface area contributed by atoms with Crippen LogP contribution in [0.3, 0.4) is 0 Å². The largest absolute Gasteiger partial charge is 0.872 e. The maximum atomic E-state index is 12.8. The van der Waals surface area contributed by atoms with Gasteiger partial charge in [0.15, 0.2) is 0 Å². The monoisotopic (exact) mass is 230 g/mol. The average Bonchev–Trinajstić information content (AvgIpc) is 2.17. The van der Waals surface area contributed by atoms with E-state index in [1.165, 1.54) is 0 Å². The van der Waals surface area contributed by atoms with Gasteiger partial charge in [0.1, 0.15) is 11.5 Å². The lowest BCUT2D eigenvalue weighted by Gasteiger charge is -2.14. The van der Waals surface area contributed by atoms with Crippen LogP contribution < -0.4 is 5.11 Å². The van der Waals surface area contributed by atoms with E-state index in [1.807, 2.05) is 0 Å². The summed E-state index contributed by atoms with van der Waals surface area (Å²) in [5, 5.41) is 11.1. The number of benzene rings is 1. The highest BCUT2D eigenvalue weighted by molar-refractivity contribution is 5.84. The first-order valence-corrected chi connectivity index (χ1v) is 4.22. The summed E-state index contributed by atoms with van der Waals surface area (Å²) in [5.41, 5.74) is -1.43. The maximum absolute atomic E-state index is 12.8. The lowest BCUT2D eigenvalue weighted by Crippen LogP contribution is -2.09. The van der Waals surface area contributed by atoms with Crippen LogP contribution in [0.4, 0.5) is 17.6 Å². The molecule has 2 aromatic rings. The van der Waals surface area contributed by atoms with Gasteiger partial charge in [-0.25, -0.2) is 9.37 Å². The summed E-state index contributed by atoms with van der Waals surface area (Å²) in [6, 6.07) is 3.23. The number of fused-ring (bicyclic) bond motifs is 1. The molecule has 0 aliphatic rings. The molecule has 2 rings (SSSR count). The van der Waals surface area contributed by atoms with Gasteiger partial charge in [0.2, 0.25) is 0 Å². The second-order valence-electron chi connectivity index (χ2n) is 3.16. The number of pyridine rings is 1. The molecule has 0 amide bonds. The van der Waals surface area contributed by atoms with Gasteiger partial charge in [-0.05, 0) is 29.7 Å². The summed E-state index contributed by atoms with van der Waals surface area (Å²) in [7, 11) is 0. The molecular formula is C10H4F4NO-. The Morgan fingerprint density at radius 1 is 1.12 bits per heavy atom. The molecule has 0 spiro atoms. The van der Waals surface area contributed by atoms with E-state index < -0.39 is 23.4 Å². The minimum atomic E-state index is -4.68. The van der Waals surface area contributed by atoms with E-state index >= 15 is 0 Å². The summed E-state index contributed by atoms with van der Waals surface area (Å²) >= 11 is 0. The highest BCUT2D eigenvalue weighted by Crippen LogP contribution is 2.32. The molecular weight excluding hydrogens is 226 g/mol. The smallest absolute Gasteiger partial charge is 0.433 e. The first-order valence-electron chi connectivity index (χ1n) is 4.22. The lowest BCUT2D eigenvalue weighted by atomic mass is 10.1. The summed E-state index contributed by atoms with van der Waals surface area (Å²) in [5.74, 6) is -1.58. The van der Waals surface area contributed by atoms with E-state index in [-0.39, 0.29) is 10.9 Å². The third-order valence-corrected chi connectivity index (χ3v) is 2.02. The van der Waals surface area contributed by atoms with Gasteiger partial charge in [-0.2, -0.15) is 13.2 Å². The average molecular weight is 230 g/mol. The molecule has 16 heavy (non-hydrogen) atoms. The Labute approximate surface area is 87.2 Å². The molecule has 0 aliphatic carbocycles. The van der Waals surface area contributed by atoms with Crippen LogP contribution in [0.2, 0.25) is 0 Å². The number of nitrogens with zero attached hydrogens (tertiary/aromatic N) is 1. The van der Waals surface area contributed by atoms with Crippen LogP contribution in [0, 0.1) is 5.82 Å². The van der Waals surface area contributed by atoms with Crippen LogP contribution in [-0.2, 0) is 6.18 Å². The summed E-state index contributed by atoms with van der Waals surface area (Å²) in [6.45, 7) is 0. The van der Waals surface area contributed by atoms with Gasteiger partial charge >= 0.3 is 6.18 Å². The number of rotatable bonds is 0. The zero-order valence-corrected chi connectivity index (χ0v) is 7.68. The van der Waals surface area contributed by atoms with E-state index in [9.17, 15) is 22.7 Å². The molecule has 2 nitrogen and oxygen atoms in total. The molecule has 0 fully saturated rings. The Balaban J connectivity index is 2.74. The van der Waals surface area contributed by atoms with Crippen molar-refractivity contribution in [3.05, 3.63) is 35.8 Å². The molecule has 1 aromatic heterocycles. The van der Waals surface area contributed by atoms with Crippen molar-refractivity contribution in [2.75, 3.05) is 0 Å². The van der Waals surface area contributed by atoms with Gasteiger partial charge in [0.25, 0.3) is 0 Å². The topological polar surface area (TPSA) is 36.0 Å². The van der Waals surface area contributed by atoms with E-state index in [0.717, 1.165) is 18.2 Å². The molecule has 0 bridgehead atoms. The molecule has 0 radical (unpaired) electrons. The molecule has 84 valence electrons. The van der Waals surface area contributed by atoms with Crippen molar-refractivity contribution < 1.29 is 22.7 Å². The third-order valence-electron chi connectivity index (χ3n) is 2.02. The van der Waals surface area contributed by atoms with Crippen LogP contribution in [0.5, 0.6) is 5.75 Å². The van der Waals surface area contributed by atoms with E-state index in [0.29, 0.717) is 6.07 Å². The summed E-state index contributed by atoms with van der Waals surface area (Å²) in [4.78, 5) is 3.26. The minimum absolute atomic E-state index is 0.159. The Morgan fingerprint density at radius 3 is 2.44 bits per heavy atom. The van der Waals surface area contributed by atoms with Gasteiger partial charge in [-0.3, -0.25) is 0 Å². The van der Waals surface area contributed by atoms with Crippen LogP contribution in [0.1, 0.15) is 5.69 Å². The highest BCUT2D eigenvalue weighted by Gasteiger charge is 2.32. The molecule has 6 heteroatoms. The number of aromatic nitrogens is 1. The van der Waals surface area contributed by atoms with Gasteiger partial charge in [0.05, 0.1) is 5.52 Å². The van der Waals surface area contributed by atoms with E-state index in [1.54, 1.807) is 0 Å². The summed E-state index contributed by atoms with van der Waals surface area (Å²) < 4.78 is 49.7. The fourth-order valence-corrected chi connectivity index (χ4v) is 1.31. The van der Waals surface area contributed by atoms with Crippen molar-refractivity contribution in [3.8, 4) is 5.75 Å². The normalized spacial score (nSPS) is 12.0. The lowest BCUT2D eigenvalue weighted by molar-refractivity contribution is -0.266. The predicted octanol–water partition coefficient (Wildman–Crippen LogP) is 2.47. The van der Waals surface area contributed by atoms with Crippen molar-refractivity contribution in [1.29, 1.82) is 0 Å². The number of alkyl halides is 3. The number of halogens is 4. The fourth-order valence-electron chi connectivity index (χ4n) is 1.31. The predicted molar refractivity (Wildman–Crippen MR) is 46.1 cm³/mol. The number of hydrogen-bond acceptors (Lipinski definition) is 2. The second-order valence-corrected chi connectivity index (χ2v) is 3.16. The molecule has 0 saturated carbocycles. The molecule has 0 atom stereocenters. The van der Waals surface area contributed by atoms with E-state index in [2.05, 4.69) is 4.98 Å². The zero-order valence-electron chi connectivity index (χ0n) is 7.68. The van der Waals surface area contributed by atoms with Crippen LogP contribution in [0.25, 0.3) is 10.9 Å². The van der Waals surface area contributed by atoms with Crippen molar-refractivity contribution in [2.45, 2.75) is 6.18 Å². The maximum Gasteiger partial charge on any atom is 0.433 e. The number of hydrogen-bond donors (Lipinski definition) is 0. The zero-order chi connectivity index (χ0) is 11.9. The summed E-state index contributed by atoms with van der Waals surface area (Å²) in [6.07, 6.45) is -4.68.